The number of hydrogen-bond donors (Lipinski definition) is 1. The number of nitrogens with zero attached hydrogens (tertiary/aromatic N) is 2. The van der Waals surface area contributed by atoms with Crippen molar-refractivity contribution >= 4 is 27.8 Å². The number of amides is 1. The van der Waals surface area contributed by atoms with E-state index >= 15 is 0 Å². The highest BCUT2D eigenvalue weighted by atomic mass is 32.2. The Morgan fingerprint density at radius 2 is 1.62 bits per heavy atom. The molecule has 0 unspecified atom stereocenters. The average molecular weight is 373 g/mol. The number of anilines is 2. The third-order valence-electron chi connectivity index (χ3n) is 4.57. The van der Waals surface area contributed by atoms with Crippen LogP contribution in [0.15, 0.2) is 47.4 Å². The van der Waals surface area contributed by atoms with Gasteiger partial charge in [-0.1, -0.05) is 17.7 Å². The lowest BCUT2D eigenvalue weighted by molar-refractivity contribution is -0.118. The van der Waals surface area contributed by atoms with E-state index in [4.69, 9.17) is 0 Å². The standard InChI is InChI=1S/C19H23N3O3S/c1-15-3-8-19(16(2)13-15)26(24,25)20-17-4-6-18(7-5-17)22-11-9-21(14-23)10-12-22/h3-8,13-14,20H,9-12H2,1-2H3. The molecule has 2 aromatic rings. The largest absolute Gasteiger partial charge is 0.368 e. The van der Waals surface area contributed by atoms with Crippen molar-refractivity contribution in [1.82, 2.24) is 4.90 Å². The van der Waals surface area contributed by atoms with Gasteiger partial charge in [0.05, 0.1) is 4.90 Å². The minimum absolute atomic E-state index is 0.289. The van der Waals surface area contributed by atoms with E-state index in [1.807, 2.05) is 25.1 Å². The first kappa shape index (κ1) is 18.3. The molecule has 7 heteroatoms. The summed E-state index contributed by atoms with van der Waals surface area (Å²) in [6, 6.07) is 12.6. The van der Waals surface area contributed by atoms with Crippen LogP contribution in [0.25, 0.3) is 0 Å². The van der Waals surface area contributed by atoms with Gasteiger partial charge in [-0.3, -0.25) is 9.52 Å². The molecule has 3 rings (SSSR count). The lowest BCUT2D eigenvalue weighted by atomic mass is 10.2. The van der Waals surface area contributed by atoms with Crippen LogP contribution in [0, 0.1) is 13.8 Å². The zero-order chi connectivity index (χ0) is 18.7. The van der Waals surface area contributed by atoms with Crippen molar-refractivity contribution < 1.29 is 13.2 Å². The third kappa shape index (κ3) is 3.99. The topological polar surface area (TPSA) is 69.7 Å². The number of carbonyl (C=O) groups excluding carboxylic acids is 1. The number of hydrogen-bond acceptors (Lipinski definition) is 4. The number of piperazine rings is 1. The fraction of sp³-hybridized carbons (Fsp3) is 0.316. The van der Waals surface area contributed by atoms with Crippen molar-refractivity contribution in [3.8, 4) is 0 Å². The maximum atomic E-state index is 12.6. The molecule has 1 N–H and O–H groups in total. The van der Waals surface area contributed by atoms with Crippen LogP contribution in [0.5, 0.6) is 0 Å². The summed E-state index contributed by atoms with van der Waals surface area (Å²) in [6.45, 7) is 6.67. The molecule has 6 nitrogen and oxygen atoms in total. The Bertz CT molecular complexity index is 887. The van der Waals surface area contributed by atoms with Crippen molar-refractivity contribution in [2.24, 2.45) is 0 Å². The van der Waals surface area contributed by atoms with Crippen LogP contribution in [0.2, 0.25) is 0 Å². The predicted octanol–water partition coefficient (Wildman–Crippen LogP) is 2.38. The lowest BCUT2D eigenvalue weighted by Gasteiger charge is -2.34. The molecule has 0 spiro atoms. The molecular formula is C19H23N3O3S. The number of benzene rings is 2. The van der Waals surface area contributed by atoms with E-state index in [1.165, 1.54) is 0 Å². The van der Waals surface area contributed by atoms with Gasteiger partial charge in [0.15, 0.2) is 0 Å². The molecule has 0 atom stereocenters. The maximum absolute atomic E-state index is 12.6. The molecule has 1 fully saturated rings. The smallest absolute Gasteiger partial charge is 0.262 e. The van der Waals surface area contributed by atoms with Crippen LogP contribution in [-0.4, -0.2) is 45.9 Å². The molecule has 1 heterocycles. The number of nitrogens with one attached hydrogen (secondary N) is 1. The maximum Gasteiger partial charge on any atom is 0.262 e. The van der Waals surface area contributed by atoms with Crippen LogP contribution in [0.4, 0.5) is 11.4 Å². The van der Waals surface area contributed by atoms with Crippen molar-refractivity contribution in [2.75, 3.05) is 35.8 Å². The molecule has 1 saturated heterocycles. The monoisotopic (exact) mass is 373 g/mol. The van der Waals surface area contributed by atoms with Crippen molar-refractivity contribution in [3.63, 3.8) is 0 Å². The van der Waals surface area contributed by atoms with Crippen LogP contribution >= 0.6 is 0 Å². The van der Waals surface area contributed by atoms with Gasteiger partial charge in [0.25, 0.3) is 10.0 Å². The predicted molar refractivity (Wildman–Crippen MR) is 103 cm³/mol. The van der Waals surface area contributed by atoms with Gasteiger partial charge < -0.3 is 9.80 Å². The highest BCUT2D eigenvalue weighted by molar-refractivity contribution is 7.92. The Morgan fingerprint density at radius 1 is 0.962 bits per heavy atom. The molecule has 1 aliphatic rings. The summed E-state index contributed by atoms with van der Waals surface area (Å²) in [4.78, 5) is 15.0. The van der Waals surface area contributed by atoms with Crippen molar-refractivity contribution in [3.05, 3.63) is 53.6 Å². The number of sulfonamides is 1. The van der Waals surface area contributed by atoms with Crippen molar-refractivity contribution in [1.29, 1.82) is 0 Å². The van der Waals surface area contributed by atoms with E-state index in [0.717, 1.165) is 36.3 Å². The number of aryl methyl sites for hydroxylation is 2. The molecular weight excluding hydrogens is 350 g/mol. The molecule has 2 aromatic carbocycles. The van der Waals surface area contributed by atoms with E-state index in [1.54, 1.807) is 36.1 Å². The summed E-state index contributed by atoms with van der Waals surface area (Å²) >= 11 is 0. The Labute approximate surface area is 154 Å². The van der Waals surface area contributed by atoms with Gasteiger partial charge in [0.1, 0.15) is 0 Å². The van der Waals surface area contributed by atoms with Crippen molar-refractivity contribution in [2.45, 2.75) is 18.7 Å². The fourth-order valence-corrected chi connectivity index (χ4v) is 4.42. The molecule has 26 heavy (non-hydrogen) atoms. The SMILES string of the molecule is Cc1ccc(S(=O)(=O)Nc2ccc(N3CCN(C=O)CC3)cc2)c(C)c1. The van der Waals surface area contributed by atoms with Gasteiger partial charge in [-0.25, -0.2) is 8.42 Å². The van der Waals surface area contributed by atoms with E-state index in [0.29, 0.717) is 18.8 Å². The van der Waals surface area contributed by atoms with Gasteiger partial charge in [0.2, 0.25) is 6.41 Å². The molecule has 0 saturated carbocycles. The Hall–Kier alpha value is -2.54. The first-order valence-electron chi connectivity index (χ1n) is 8.53. The van der Waals surface area contributed by atoms with E-state index < -0.39 is 10.0 Å². The van der Waals surface area contributed by atoms with E-state index in [9.17, 15) is 13.2 Å². The number of rotatable bonds is 5. The van der Waals surface area contributed by atoms with Crippen LogP contribution < -0.4 is 9.62 Å². The van der Waals surface area contributed by atoms with Crippen LogP contribution in [-0.2, 0) is 14.8 Å². The second-order valence-electron chi connectivity index (χ2n) is 6.55. The van der Waals surface area contributed by atoms with Crippen LogP contribution in [0.3, 0.4) is 0 Å². The molecule has 0 bridgehead atoms. The summed E-state index contributed by atoms with van der Waals surface area (Å²) in [6.07, 6.45) is 0.877. The zero-order valence-electron chi connectivity index (χ0n) is 15.0. The zero-order valence-corrected chi connectivity index (χ0v) is 15.8. The summed E-state index contributed by atoms with van der Waals surface area (Å²) in [5, 5.41) is 0. The molecule has 1 amide bonds. The highest BCUT2D eigenvalue weighted by Crippen LogP contribution is 2.23. The van der Waals surface area contributed by atoms with Gasteiger partial charge in [0, 0.05) is 37.6 Å². The highest BCUT2D eigenvalue weighted by Gasteiger charge is 2.18. The van der Waals surface area contributed by atoms with Gasteiger partial charge >= 0.3 is 0 Å². The second kappa shape index (κ2) is 7.37. The summed E-state index contributed by atoms with van der Waals surface area (Å²) in [5.74, 6) is 0. The Balaban J connectivity index is 1.72. The van der Waals surface area contributed by atoms with Gasteiger partial charge in [-0.15, -0.1) is 0 Å². The first-order chi connectivity index (χ1) is 12.4. The van der Waals surface area contributed by atoms with E-state index in [-0.39, 0.29) is 4.90 Å². The van der Waals surface area contributed by atoms with Gasteiger partial charge in [-0.2, -0.15) is 0 Å². The van der Waals surface area contributed by atoms with Gasteiger partial charge in [-0.05, 0) is 49.7 Å². The Kier molecular flexibility index (Phi) is 5.18. The Morgan fingerprint density at radius 3 is 2.19 bits per heavy atom. The number of carbonyl (C=O) groups is 1. The molecule has 0 aliphatic carbocycles. The quantitative estimate of drug-likeness (QED) is 0.817. The first-order valence-corrected chi connectivity index (χ1v) is 10.0. The van der Waals surface area contributed by atoms with Crippen LogP contribution in [0.1, 0.15) is 11.1 Å². The molecule has 0 radical (unpaired) electrons. The fourth-order valence-electron chi connectivity index (χ4n) is 3.14. The minimum atomic E-state index is -3.62. The van der Waals surface area contributed by atoms with E-state index in [2.05, 4.69) is 9.62 Å². The summed E-state index contributed by atoms with van der Waals surface area (Å²) < 4.78 is 27.9. The average Bonchev–Trinajstić information content (AvgIpc) is 2.62. The lowest BCUT2D eigenvalue weighted by Crippen LogP contribution is -2.45. The summed E-state index contributed by atoms with van der Waals surface area (Å²) in [5.41, 5.74) is 3.30. The molecule has 0 aromatic heterocycles. The normalized spacial score (nSPS) is 15.0. The second-order valence-corrected chi connectivity index (χ2v) is 8.20. The molecule has 1 aliphatic heterocycles. The minimum Gasteiger partial charge on any atom is -0.368 e. The molecule has 138 valence electrons. The third-order valence-corrected chi connectivity index (χ3v) is 6.11. The summed E-state index contributed by atoms with van der Waals surface area (Å²) in [7, 11) is -3.62.